The molecule has 3 aromatic rings. The molecule has 0 aliphatic carbocycles. The van der Waals surface area contributed by atoms with Gasteiger partial charge < -0.3 is 47.3 Å². The van der Waals surface area contributed by atoms with Gasteiger partial charge in [0.1, 0.15) is 36.5 Å². The van der Waals surface area contributed by atoms with Crippen molar-refractivity contribution in [2.24, 2.45) is 11.7 Å². The monoisotopic (exact) mass is 638 g/mol. The number of H-pyrrole nitrogens is 1. The Balaban J connectivity index is 1.93. The van der Waals surface area contributed by atoms with E-state index in [-0.39, 0.29) is 30.9 Å². The highest BCUT2D eigenvalue weighted by molar-refractivity contribution is 5.96. The number of fused-ring (bicyclic) bond motifs is 1. The fourth-order valence-corrected chi connectivity index (χ4v) is 4.83. The van der Waals surface area contributed by atoms with Crippen molar-refractivity contribution in [3.05, 3.63) is 65.9 Å². The predicted molar refractivity (Wildman–Crippen MR) is 169 cm³/mol. The Labute approximate surface area is 266 Å². The van der Waals surface area contributed by atoms with Crippen LogP contribution in [0.25, 0.3) is 10.9 Å². The van der Waals surface area contributed by atoms with Crippen LogP contribution in [-0.4, -0.2) is 86.7 Å². The van der Waals surface area contributed by atoms with Crippen molar-refractivity contribution < 1.29 is 39.3 Å². The second-order valence-corrected chi connectivity index (χ2v) is 11.6. The summed E-state index contributed by atoms with van der Waals surface area (Å²) in [5.41, 5.74) is 7.89. The zero-order valence-electron chi connectivity index (χ0n) is 25.9. The van der Waals surface area contributed by atoms with Crippen LogP contribution in [0.2, 0.25) is 0 Å². The van der Waals surface area contributed by atoms with Crippen LogP contribution in [0.4, 0.5) is 0 Å². The molecule has 0 saturated heterocycles. The summed E-state index contributed by atoms with van der Waals surface area (Å²) in [7, 11) is 0. The zero-order valence-corrected chi connectivity index (χ0v) is 25.9. The summed E-state index contributed by atoms with van der Waals surface area (Å²) >= 11 is 0. The van der Waals surface area contributed by atoms with Crippen LogP contribution in [0.15, 0.2) is 54.7 Å². The second kappa shape index (κ2) is 16.4. The molecule has 1 heterocycles. The molecule has 10 N–H and O–H groups in total. The number of aromatic hydroxyl groups is 1. The smallest absolute Gasteiger partial charge is 0.322 e. The van der Waals surface area contributed by atoms with Gasteiger partial charge in [-0.15, -0.1) is 0 Å². The van der Waals surface area contributed by atoms with E-state index in [0.717, 1.165) is 10.9 Å². The highest BCUT2D eigenvalue weighted by atomic mass is 16.4. The van der Waals surface area contributed by atoms with Gasteiger partial charge in [-0.3, -0.25) is 24.0 Å². The highest BCUT2D eigenvalue weighted by Crippen LogP contribution is 2.20. The molecule has 0 unspecified atom stereocenters. The molecule has 5 atom stereocenters. The molecule has 1 aromatic heterocycles. The van der Waals surface area contributed by atoms with Crippen molar-refractivity contribution in [3.63, 3.8) is 0 Å². The Morgan fingerprint density at radius 3 is 2.00 bits per heavy atom. The van der Waals surface area contributed by atoms with Gasteiger partial charge in [0.25, 0.3) is 0 Å². The third kappa shape index (κ3) is 10.3. The van der Waals surface area contributed by atoms with Gasteiger partial charge in [-0.1, -0.05) is 44.2 Å². The Morgan fingerprint density at radius 2 is 1.39 bits per heavy atom. The minimum Gasteiger partial charge on any atom is -0.508 e. The molecule has 248 valence electrons. The van der Waals surface area contributed by atoms with E-state index in [1.165, 1.54) is 19.1 Å². The van der Waals surface area contributed by atoms with E-state index in [1.807, 2.05) is 38.1 Å². The number of carbonyl (C=O) groups is 5. The molecule has 0 spiro atoms. The second-order valence-electron chi connectivity index (χ2n) is 11.6. The first kappa shape index (κ1) is 35.5. The Hall–Kier alpha value is -4.95. The lowest BCUT2D eigenvalue weighted by molar-refractivity contribution is -0.138. The number of carboxylic acid groups (broad SMARTS) is 1. The van der Waals surface area contributed by atoms with Gasteiger partial charge in [-0.2, -0.15) is 0 Å². The molecule has 0 saturated carbocycles. The van der Waals surface area contributed by atoms with Crippen LogP contribution in [0.1, 0.15) is 38.3 Å². The summed E-state index contributed by atoms with van der Waals surface area (Å²) in [4.78, 5) is 67.5. The van der Waals surface area contributed by atoms with Gasteiger partial charge in [-0.25, -0.2) is 0 Å². The number of nitrogens with one attached hydrogen (secondary N) is 5. The molecule has 46 heavy (non-hydrogen) atoms. The number of hydrogen-bond acceptors (Lipinski definition) is 8. The standard InChI is InChI=1S/C32H42N6O8/c1-17(2)12-24(29(43)35-16-27(41)42)36-31(45)26(14-20-15-34-23-7-5-4-6-22(20)23)37-30(44)25(38-32(46)28(33)18(3)39)13-19-8-10-21(40)11-9-19/h4-11,15,17-18,24-26,28,34,39-40H,12-14,16,33H2,1-3H3,(H,35,43)(H,36,45)(H,37,44)(H,38,46)(H,41,42)/t18-,24+,25+,26+,28+/m1/s1. The fourth-order valence-electron chi connectivity index (χ4n) is 4.83. The Kier molecular flexibility index (Phi) is 12.7. The molecule has 14 nitrogen and oxygen atoms in total. The largest absolute Gasteiger partial charge is 0.508 e. The molecular formula is C32H42N6O8. The van der Waals surface area contributed by atoms with Gasteiger partial charge in [0.15, 0.2) is 0 Å². The first-order chi connectivity index (χ1) is 21.7. The quantitative estimate of drug-likeness (QED) is 0.103. The lowest BCUT2D eigenvalue weighted by atomic mass is 9.99. The number of carbonyl (C=O) groups excluding carboxylic acids is 4. The number of para-hydroxylation sites is 1. The van der Waals surface area contributed by atoms with Crippen molar-refractivity contribution in [2.45, 2.75) is 70.3 Å². The first-order valence-corrected chi connectivity index (χ1v) is 14.9. The maximum Gasteiger partial charge on any atom is 0.322 e. The molecule has 0 fully saturated rings. The van der Waals surface area contributed by atoms with E-state index in [1.54, 1.807) is 18.3 Å². The average molecular weight is 639 g/mol. The van der Waals surface area contributed by atoms with Gasteiger partial charge in [0, 0.05) is 29.9 Å². The topological polar surface area (TPSA) is 236 Å². The normalized spacial score (nSPS) is 14.5. The van der Waals surface area contributed by atoms with E-state index in [9.17, 15) is 34.2 Å². The van der Waals surface area contributed by atoms with Crippen LogP contribution in [0.3, 0.4) is 0 Å². The van der Waals surface area contributed by atoms with Crippen LogP contribution >= 0.6 is 0 Å². The van der Waals surface area contributed by atoms with Gasteiger partial charge in [-0.05, 0) is 48.6 Å². The predicted octanol–water partition coefficient (Wildman–Crippen LogP) is 0.0681. The highest BCUT2D eigenvalue weighted by Gasteiger charge is 2.32. The van der Waals surface area contributed by atoms with E-state index in [0.29, 0.717) is 11.1 Å². The summed E-state index contributed by atoms with van der Waals surface area (Å²) in [6, 6.07) is 8.45. The SMILES string of the molecule is CC(C)C[C@H](NC(=O)[C@H](Cc1c[nH]c2ccccc12)NC(=O)[C@H](Cc1ccc(O)cc1)NC(=O)[C@@H](N)[C@@H](C)O)C(=O)NCC(=O)O. The van der Waals surface area contributed by atoms with Crippen molar-refractivity contribution in [1.29, 1.82) is 0 Å². The van der Waals surface area contributed by atoms with Crippen molar-refractivity contribution in [2.75, 3.05) is 6.54 Å². The molecule has 0 radical (unpaired) electrons. The number of hydrogen-bond donors (Lipinski definition) is 9. The van der Waals surface area contributed by atoms with Crippen LogP contribution in [-0.2, 0) is 36.8 Å². The average Bonchev–Trinajstić information content (AvgIpc) is 3.41. The third-order valence-electron chi connectivity index (χ3n) is 7.32. The summed E-state index contributed by atoms with van der Waals surface area (Å²) in [6.45, 7) is 4.37. The number of benzene rings is 2. The van der Waals surface area contributed by atoms with Crippen molar-refractivity contribution >= 4 is 40.5 Å². The lowest BCUT2D eigenvalue weighted by Gasteiger charge is -2.27. The number of aliphatic carboxylic acids is 1. The molecule has 0 aliphatic heterocycles. The molecule has 2 aromatic carbocycles. The molecule has 14 heteroatoms. The van der Waals surface area contributed by atoms with Crippen LogP contribution in [0.5, 0.6) is 5.75 Å². The number of aliphatic hydroxyl groups is 1. The number of rotatable bonds is 16. The fraction of sp³-hybridized carbons (Fsp3) is 0.406. The molecule has 3 rings (SSSR count). The summed E-state index contributed by atoms with van der Waals surface area (Å²) < 4.78 is 0. The Morgan fingerprint density at radius 1 is 0.804 bits per heavy atom. The number of carboxylic acids is 1. The number of aliphatic hydroxyl groups excluding tert-OH is 1. The van der Waals surface area contributed by atoms with E-state index >= 15 is 0 Å². The molecule has 4 amide bonds. The van der Waals surface area contributed by atoms with Crippen molar-refractivity contribution in [1.82, 2.24) is 26.3 Å². The summed E-state index contributed by atoms with van der Waals surface area (Å²) in [6.07, 6.45) is 0.656. The number of aromatic nitrogens is 1. The maximum absolute atomic E-state index is 13.8. The van der Waals surface area contributed by atoms with Gasteiger partial charge >= 0.3 is 5.97 Å². The van der Waals surface area contributed by atoms with Crippen LogP contribution in [0, 0.1) is 5.92 Å². The molecule has 0 aliphatic rings. The molecule has 0 bridgehead atoms. The summed E-state index contributed by atoms with van der Waals surface area (Å²) in [5.74, 6) is -4.22. The number of phenolic OH excluding ortho intramolecular Hbond substituents is 1. The van der Waals surface area contributed by atoms with Gasteiger partial charge in [0.05, 0.1) is 6.10 Å². The number of phenols is 1. The maximum atomic E-state index is 13.8. The lowest BCUT2D eigenvalue weighted by Crippen LogP contribution is -2.59. The van der Waals surface area contributed by atoms with E-state index in [2.05, 4.69) is 26.3 Å². The van der Waals surface area contributed by atoms with Crippen LogP contribution < -0.4 is 27.0 Å². The zero-order chi connectivity index (χ0) is 34.0. The minimum absolute atomic E-state index is 0.000204. The van der Waals surface area contributed by atoms with Gasteiger partial charge in [0.2, 0.25) is 23.6 Å². The third-order valence-corrected chi connectivity index (χ3v) is 7.32. The van der Waals surface area contributed by atoms with E-state index < -0.39 is 66.4 Å². The van der Waals surface area contributed by atoms with E-state index in [4.69, 9.17) is 10.8 Å². The Bertz CT molecular complexity index is 1520. The minimum atomic E-state index is -1.33. The molecular weight excluding hydrogens is 596 g/mol. The first-order valence-electron chi connectivity index (χ1n) is 14.9. The number of amides is 4. The van der Waals surface area contributed by atoms with Crippen molar-refractivity contribution in [3.8, 4) is 5.75 Å². The number of nitrogens with two attached hydrogens (primary N) is 1. The summed E-state index contributed by atoms with van der Waals surface area (Å²) in [5, 5.41) is 39.6. The number of aromatic amines is 1.